The van der Waals surface area contributed by atoms with E-state index in [0.29, 0.717) is 18.1 Å². The largest absolute Gasteiger partial charge is 0.496 e. The van der Waals surface area contributed by atoms with Gasteiger partial charge in [0.1, 0.15) is 17.2 Å². The van der Waals surface area contributed by atoms with Crippen LogP contribution in [0.5, 0.6) is 17.2 Å². The van der Waals surface area contributed by atoms with E-state index in [0.717, 1.165) is 31.2 Å². The Morgan fingerprint density at radius 2 is 1.65 bits per heavy atom. The summed E-state index contributed by atoms with van der Waals surface area (Å²) in [7, 11) is 5.03. The number of hydrogen-bond donors (Lipinski definition) is 2. The maximum absolute atomic E-state index is 5.77. The van der Waals surface area contributed by atoms with Gasteiger partial charge in [-0.15, -0.1) is 24.0 Å². The van der Waals surface area contributed by atoms with Gasteiger partial charge in [-0.3, -0.25) is 4.99 Å². The van der Waals surface area contributed by atoms with Crippen molar-refractivity contribution in [2.45, 2.75) is 25.0 Å². The first-order chi connectivity index (χ1) is 11.9. The van der Waals surface area contributed by atoms with E-state index in [2.05, 4.69) is 35.7 Å². The molecule has 8 heteroatoms. The van der Waals surface area contributed by atoms with Crippen LogP contribution < -0.4 is 24.8 Å². The van der Waals surface area contributed by atoms with Crippen LogP contribution in [0.3, 0.4) is 0 Å². The van der Waals surface area contributed by atoms with Gasteiger partial charge in [0.05, 0.1) is 20.8 Å². The Labute approximate surface area is 178 Å². The Kier molecular flexibility index (Phi) is 12.7. The maximum atomic E-state index is 5.77. The lowest BCUT2D eigenvalue weighted by Gasteiger charge is -2.23. The highest BCUT2D eigenvalue weighted by Crippen LogP contribution is 2.27. The molecular weight excluding hydrogens is 465 g/mol. The number of ether oxygens (including phenoxy) is 3. The van der Waals surface area contributed by atoms with Gasteiger partial charge in [0.25, 0.3) is 0 Å². The molecule has 1 rings (SSSR count). The fourth-order valence-electron chi connectivity index (χ4n) is 1.92. The summed E-state index contributed by atoms with van der Waals surface area (Å²) in [5.74, 6) is 2.98. The van der Waals surface area contributed by atoms with Crippen molar-refractivity contribution in [3.63, 3.8) is 0 Å². The van der Waals surface area contributed by atoms with Crippen molar-refractivity contribution < 1.29 is 14.2 Å². The van der Waals surface area contributed by atoms with E-state index in [4.69, 9.17) is 14.2 Å². The minimum absolute atomic E-state index is 0. The Morgan fingerprint density at radius 1 is 1.08 bits per heavy atom. The number of nitrogens with one attached hydrogen (secondary N) is 2. The van der Waals surface area contributed by atoms with E-state index in [-0.39, 0.29) is 28.7 Å². The summed E-state index contributed by atoms with van der Waals surface area (Å²) < 4.78 is 16.4. The molecule has 0 unspecified atom stereocenters. The Morgan fingerprint density at radius 3 is 2.15 bits per heavy atom. The number of rotatable bonds is 10. The molecular formula is C18H32IN3O3S. The molecule has 0 aliphatic heterocycles. The average molecular weight is 497 g/mol. The first kappa shape index (κ1) is 25.0. The van der Waals surface area contributed by atoms with Crippen molar-refractivity contribution in [3.05, 3.63) is 18.2 Å². The van der Waals surface area contributed by atoms with E-state index in [1.54, 1.807) is 21.3 Å². The lowest BCUT2D eigenvalue weighted by Crippen LogP contribution is -2.43. The molecule has 2 N–H and O–H groups in total. The van der Waals surface area contributed by atoms with Gasteiger partial charge in [0, 0.05) is 43.1 Å². The minimum atomic E-state index is 0. The third-order valence-corrected chi connectivity index (χ3v) is 4.91. The van der Waals surface area contributed by atoms with Crippen LogP contribution in [0.4, 0.5) is 0 Å². The molecule has 150 valence electrons. The first-order valence-electron chi connectivity index (χ1n) is 8.29. The molecule has 0 radical (unpaired) electrons. The molecule has 0 aromatic heterocycles. The van der Waals surface area contributed by atoms with Crippen molar-refractivity contribution in [1.82, 2.24) is 10.6 Å². The second-order valence-corrected chi connectivity index (χ2v) is 7.58. The van der Waals surface area contributed by atoms with E-state index in [9.17, 15) is 0 Å². The van der Waals surface area contributed by atoms with Gasteiger partial charge in [0.15, 0.2) is 5.96 Å². The number of methoxy groups -OCH3 is 2. The molecule has 26 heavy (non-hydrogen) atoms. The molecule has 1 aromatic carbocycles. The van der Waals surface area contributed by atoms with Gasteiger partial charge in [-0.1, -0.05) is 0 Å². The van der Waals surface area contributed by atoms with Crippen LogP contribution >= 0.6 is 35.7 Å². The van der Waals surface area contributed by atoms with Crippen LogP contribution in [0.1, 0.15) is 20.3 Å². The van der Waals surface area contributed by atoms with Gasteiger partial charge >= 0.3 is 0 Å². The van der Waals surface area contributed by atoms with Crippen LogP contribution in [0.2, 0.25) is 0 Å². The zero-order valence-corrected chi connectivity index (χ0v) is 19.7. The van der Waals surface area contributed by atoms with Crippen LogP contribution in [0.25, 0.3) is 0 Å². The molecule has 0 amide bonds. The second-order valence-electron chi connectivity index (χ2n) is 6.07. The zero-order valence-electron chi connectivity index (χ0n) is 16.5. The highest BCUT2D eigenvalue weighted by molar-refractivity contribution is 14.0. The first-order valence-corrected chi connectivity index (χ1v) is 9.52. The lowest BCUT2D eigenvalue weighted by atomic mass is 10.2. The Balaban J connectivity index is 0.00000625. The highest BCUT2D eigenvalue weighted by Gasteiger charge is 2.15. The van der Waals surface area contributed by atoms with E-state index in [1.807, 2.05) is 30.0 Å². The number of nitrogens with zero attached hydrogens (tertiary/aromatic N) is 1. The third-order valence-electron chi connectivity index (χ3n) is 3.66. The molecule has 0 aliphatic rings. The molecule has 6 nitrogen and oxygen atoms in total. The van der Waals surface area contributed by atoms with Crippen molar-refractivity contribution in [1.29, 1.82) is 0 Å². The number of aliphatic imine (C=N–C) groups is 1. The molecule has 0 heterocycles. The molecule has 0 aliphatic carbocycles. The number of benzene rings is 1. The number of halogens is 1. The number of hydrogen-bond acceptors (Lipinski definition) is 5. The summed E-state index contributed by atoms with van der Waals surface area (Å²) in [6.45, 7) is 6.63. The predicted octanol–water partition coefficient (Wildman–Crippen LogP) is 3.40. The molecule has 1 aromatic rings. The van der Waals surface area contributed by atoms with Crippen molar-refractivity contribution in [3.8, 4) is 17.2 Å². The van der Waals surface area contributed by atoms with Crippen LogP contribution in [-0.2, 0) is 0 Å². The van der Waals surface area contributed by atoms with Gasteiger partial charge in [-0.05, 0) is 26.5 Å². The summed E-state index contributed by atoms with van der Waals surface area (Å²) in [6.07, 6.45) is 2.97. The summed E-state index contributed by atoms with van der Waals surface area (Å²) in [6, 6.07) is 5.52. The molecule has 0 fully saturated rings. The summed E-state index contributed by atoms with van der Waals surface area (Å²) in [4.78, 5) is 4.24. The zero-order chi connectivity index (χ0) is 18.7. The molecule has 0 atom stereocenters. The quantitative estimate of drug-likeness (QED) is 0.224. The van der Waals surface area contributed by atoms with Gasteiger partial charge in [0.2, 0.25) is 0 Å². The standard InChI is InChI=1S/C18H31N3O3S.HI/c1-18(2,25-6)13-21-17(19-3)20-8-7-9-24-16-11-14(22-4)10-15(12-16)23-5;/h10-12H,7-9,13H2,1-6H3,(H2,19,20,21);1H. The summed E-state index contributed by atoms with van der Waals surface area (Å²) in [5, 5.41) is 6.64. The molecule has 0 bridgehead atoms. The van der Waals surface area contributed by atoms with E-state index in [1.165, 1.54) is 0 Å². The molecule has 0 saturated carbocycles. The highest BCUT2D eigenvalue weighted by atomic mass is 127. The van der Waals surface area contributed by atoms with Gasteiger partial charge in [-0.2, -0.15) is 11.8 Å². The summed E-state index contributed by atoms with van der Waals surface area (Å²) >= 11 is 1.83. The second kappa shape index (κ2) is 13.2. The van der Waals surface area contributed by atoms with Crippen molar-refractivity contribution in [2.24, 2.45) is 4.99 Å². The van der Waals surface area contributed by atoms with Crippen LogP contribution in [0, 0.1) is 0 Å². The van der Waals surface area contributed by atoms with Crippen molar-refractivity contribution >= 4 is 41.7 Å². The van der Waals surface area contributed by atoms with E-state index >= 15 is 0 Å². The fourth-order valence-corrected chi connectivity index (χ4v) is 2.14. The normalized spacial score (nSPS) is 11.4. The minimum Gasteiger partial charge on any atom is -0.496 e. The number of guanidine groups is 1. The van der Waals surface area contributed by atoms with Gasteiger partial charge < -0.3 is 24.8 Å². The predicted molar refractivity (Wildman–Crippen MR) is 122 cm³/mol. The Bertz CT molecular complexity index is 534. The third kappa shape index (κ3) is 9.61. The monoisotopic (exact) mass is 497 g/mol. The van der Waals surface area contributed by atoms with Crippen LogP contribution in [-0.4, -0.2) is 57.9 Å². The average Bonchev–Trinajstić information content (AvgIpc) is 2.63. The topological polar surface area (TPSA) is 64.1 Å². The number of thioether (sulfide) groups is 1. The SMILES string of the molecule is CN=C(NCCCOc1cc(OC)cc(OC)c1)NCC(C)(C)SC.I. The maximum Gasteiger partial charge on any atom is 0.191 e. The van der Waals surface area contributed by atoms with Crippen LogP contribution in [0.15, 0.2) is 23.2 Å². The summed E-state index contributed by atoms with van der Waals surface area (Å²) in [5.41, 5.74) is 0. The Hall–Kier alpha value is -1.03. The van der Waals surface area contributed by atoms with Gasteiger partial charge in [-0.25, -0.2) is 0 Å². The molecule has 0 saturated heterocycles. The smallest absolute Gasteiger partial charge is 0.191 e. The lowest BCUT2D eigenvalue weighted by molar-refractivity contribution is 0.305. The van der Waals surface area contributed by atoms with E-state index < -0.39 is 0 Å². The fraction of sp³-hybridized carbons (Fsp3) is 0.611. The van der Waals surface area contributed by atoms with Crippen molar-refractivity contribution in [2.75, 3.05) is 47.2 Å². The molecule has 0 spiro atoms.